The predicted octanol–water partition coefficient (Wildman–Crippen LogP) is 5.74. The lowest BCUT2D eigenvalue weighted by atomic mass is 10.0. The highest BCUT2D eigenvalue weighted by Gasteiger charge is 2.38. The van der Waals surface area contributed by atoms with Crippen LogP contribution in [0.25, 0.3) is 11.1 Å². The Morgan fingerprint density at radius 2 is 1.67 bits per heavy atom. The van der Waals surface area contributed by atoms with Crippen LogP contribution in [0.3, 0.4) is 0 Å². The van der Waals surface area contributed by atoms with Gasteiger partial charge in [-0.3, -0.25) is 0 Å². The summed E-state index contributed by atoms with van der Waals surface area (Å²) in [5.74, 6) is -0.526. The number of benzene rings is 1. The number of alkyl halides is 3. The summed E-state index contributed by atoms with van der Waals surface area (Å²) in [5, 5.41) is 0.197. The van der Waals surface area contributed by atoms with Crippen LogP contribution < -0.4 is 4.74 Å². The van der Waals surface area contributed by atoms with Crippen molar-refractivity contribution in [2.75, 3.05) is 7.11 Å². The minimum Gasteiger partial charge on any atom is -0.481 e. The Bertz CT molecular complexity index is 666. The van der Waals surface area contributed by atoms with Crippen LogP contribution in [0.2, 0.25) is 15.1 Å². The fraction of sp³-hybridized carbons (Fsp3) is 0.154. The maximum atomic E-state index is 13.2. The Balaban J connectivity index is 2.76. The Labute approximate surface area is 133 Å². The minimum absolute atomic E-state index is 0.0584. The highest BCUT2D eigenvalue weighted by molar-refractivity contribution is 6.48. The van der Waals surface area contributed by atoms with Gasteiger partial charge in [-0.1, -0.05) is 34.8 Å². The number of rotatable bonds is 2. The summed E-state index contributed by atoms with van der Waals surface area (Å²) in [5.41, 5.74) is -0.973. The molecule has 0 bridgehead atoms. The number of hydrogen-bond acceptors (Lipinski definition) is 2. The van der Waals surface area contributed by atoms with E-state index >= 15 is 0 Å². The van der Waals surface area contributed by atoms with Crippen LogP contribution in [0.4, 0.5) is 13.2 Å². The lowest BCUT2D eigenvalue weighted by Crippen LogP contribution is -2.10. The lowest BCUT2D eigenvalue weighted by molar-refractivity contribution is -0.138. The van der Waals surface area contributed by atoms with Gasteiger partial charge in [-0.15, -0.1) is 0 Å². The fourth-order valence-corrected chi connectivity index (χ4v) is 2.42. The van der Waals surface area contributed by atoms with Gasteiger partial charge in [0.1, 0.15) is 5.56 Å². The Hall–Kier alpha value is -1.17. The van der Waals surface area contributed by atoms with E-state index in [-0.39, 0.29) is 26.2 Å². The van der Waals surface area contributed by atoms with E-state index in [1.807, 2.05) is 0 Å². The van der Waals surface area contributed by atoms with Gasteiger partial charge < -0.3 is 4.74 Å². The number of methoxy groups -OCH3 is 1. The zero-order valence-electron chi connectivity index (χ0n) is 10.4. The van der Waals surface area contributed by atoms with E-state index in [0.29, 0.717) is 0 Å². The highest BCUT2D eigenvalue weighted by Crippen LogP contribution is 2.43. The Morgan fingerprint density at radius 1 is 1.10 bits per heavy atom. The molecular weight excluding hydrogens is 350 g/mol. The molecule has 1 aromatic carbocycles. The van der Waals surface area contributed by atoms with Crippen LogP contribution in [-0.4, -0.2) is 12.1 Å². The monoisotopic (exact) mass is 355 g/mol. The van der Waals surface area contributed by atoms with E-state index in [2.05, 4.69) is 4.98 Å². The summed E-state index contributed by atoms with van der Waals surface area (Å²) >= 11 is 17.5. The second-order valence-electron chi connectivity index (χ2n) is 3.99. The van der Waals surface area contributed by atoms with E-state index in [1.165, 1.54) is 24.4 Å². The van der Waals surface area contributed by atoms with E-state index in [4.69, 9.17) is 39.5 Å². The van der Waals surface area contributed by atoms with Gasteiger partial charge >= 0.3 is 6.18 Å². The third-order valence-electron chi connectivity index (χ3n) is 2.69. The van der Waals surface area contributed by atoms with Gasteiger partial charge in [0.15, 0.2) is 0 Å². The van der Waals surface area contributed by atoms with Crippen LogP contribution in [0.15, 0.2) is 24.4 Å². The molecule has 0 N–H and O–H groups in total. The average molecular weight is 357 g/mol. The third-order valence-corrected chi connectivity index (χ3v) is 3.88. The number of aromatic nitrogens is 1. The van der Waals surface area contributed by atoms with Crippen molar-refractivity contribution in [3.8, 4) is 17.0 Å². The van der Waals surface area contributed by atoms with Crippen LogP contribution in [0, 0.1) is 0 Å². The van der Waals surface area contributed by atoms with Crippen LogP contribution in [-0.2, 0) is 6.18 Å². The molecule has 0 radical (unpaired) electrons. The third kappa shape index (κ3) is 3.20. The van der Waals surface area contributed by atoms with Crippen LogP contribution in [0.5, 0.6) is 5.88 Å². The SMILES string of the molecule is COc1nccc(-c2cc(Cl)c(Cl)c(Cl)c2)c1C(F)(F)F. The van der Waals surface area contributed by atoms with Crippen molar-refractivity contribution >= 4 is 34.8 Å². The van der Waals surface area contributed by atoms with E-state index in [1.54, 1.807) is 0 Å². The first-order valence-electron chi connectivity index (χ1n) is 5.50. The second-order valence-corrected chi connectivity index (χ2v) is 5.19. The summed E-state index contributed by atoms with van der Waals surface area (Å²) in [6.07, 6.45) is -3.44. The normalized spacial score (nSPS) is 11.6. The highest BCUT2D eigenvalue weighted by atomic mass is 35.5. The molecule has 0 aliphatic carbocycles. The van der Waals surface area contributed by atoms with Gasteiger partial charge in [-0.05, 0) is 23.8 Å². The first kappa shape index (κ1) is 16.2. The van der Waals surface area contributed by atoms with Gasteiger partial charge in [0.2, 0.25) is 5.88 Å². The van der Waals surface area contributed by atoms with Crippen molar-refractivity contribution in [2.45, 2.75) is 6.18 Å². The standard InChI is InChI=1S/C13H7Cl3F3NO/c1-21-12-10(13(17,18)19)7(2-3-20-12)6-4-8(14)11(16)9(15)5-6/h2-5H,1H3. The van der Waals surface area contributed by atoms with Gasteiger partial charge in [0.05, 0.1) is 22.2 Å². The molecule has 2 rings (SSSR count). The fourth-order valence-electron chi connectivity index (χ4n) is 1.82. The van der Waals surface area contributed by atoms with Crippen LogP contribution >= 0.6 is 34.8 Å². The van der Waals surface area contributed by atoms with Crippen molar-refractivity contribution < 1.29 is 17.9 Å². The van der Waals surface area contributed by atoms with Crippen molar-refractivity contribution in [3.05, 3.63) is 45.0 Å². The van der Waals surface area contributed by atoms with Crippen molar-refractivity contribution in [1.29, 1.82) is 0 Å². The number of hydrogen-bond donors (Lipinski definition) is 0. The molecule has 2 nitrogen and oxygen atoms in total. The molecule has 0 unspecified atom stereocenters. The quantitative estimate of drug-likeness (QED) is 0.640. The molecule has 8 heteroatoms. The summed E-state index contributed by atoms with van der Waals surface area (Å²) in [6, 6.07) is 3.82. The molecule has 2 aromatic rings. The van der Waals surface area contributed by atoms with Crippen molar-refractivity contribution in [1.82, 2.24) is 4.98 Å². The Morgan fingerprint density at radius 3 is 2.14 bits per heavy atom. The van der Waals surface area contributed by atoms with E-state index in [9.17, 15) is 13.2 Å². The topological polar surface area (TPSA) is 22.1 Å². The molecule has 0 spiro atoms. The van der Waals surface area contributed by atoms with Crippen molar-refractivity contribution in [2.24, 2.45) is 0 Å². The molecule has 112 valence electrons. The zero-order chi connectivity index (χ0) is 15.8. The largest absolute Gasteiger partial charge is 0.481 e. The average Bonchev–Trinajstić information content (AvgIpc) is 2.42. The second kappa shape index (κ2) is 5.91. The maximum Gasteiger partial charge on any atom is 0.422 e. The molecule has 0 amide bonds. The lowest BCUT2D eigenvalue weighted by Gasteiger charge is -2.16. The first-order chi connectivity index (χ1) is 9.75. The molecule has 0 fully saturated rings. The van der Waals surface area contributed by atoms with Gasteiger partial charge in [0.25, 0.3) is 0 Å². The smallest absolute Gasteiger partial charge is 0.422 e. The molecule has 0 aliphatic rings. The first-order valence-corrected chi connectivity index (χ1v) is 6.64. The van der Waals surface area contributed by atoms with Crippen LogP contribution in [0.1, 0.15) is 5.56 Å². The van der Waals surface area contributed by atoms with Gasteiger partial charge in [0, 0.05) is 11.8 Å². The molecule has 0 atom stereocenters. The molecule has 1 heterocycles. The van der Waals surface area contributed by atoms with E-state index in [0.717, 1.165) is 7.11 Å². The number of pyridine rings is 1. The molecule has 0 aliphatic heterocycles. The van der Waals surface area contributed by atoms with Crippen molar-refractivity contribution in [3.63, 3.8) is 0 Å². The predicted molar refractivity (Wildman–Crippen MR) is 76.3 cm³/mol. The van der Waals surface area contributed by atoms with E-state index < -0.39 is 17.6 Å². The molecule has 0 saturated heterocycles. The summed E-state index contributed by atoms with van der Waals surface area (Å²) in [4.78, 5) is 3.58. The molecular formula is C13H7Cl3F3NO. The minimum atomic E-state index is -4.65. The number of halogens is 6. The summed E-state index contributed by atoms with van der Waals surface area (Å²) in [6.45, 7) is 0. The van der Waals surface area contributed by atoms with Gasteiger partial charge in [-0.2, -0.15) is 13.2 Å². The Kier molecular flexibility index (Phi) is 4.56. The number of nitrogens with zero attached hydrogens (tertiary/aromatic N) is 1. The molecule has 21 heavy (non-hydrogen) atoms. The zero-order valence-corrected chi connectivity index (χ0v) is 12.7. The number of ether oxygens (including phenoxy) is 1. The summed E-state index contributed by atoms with van der Waals surface area (Å²) < 4.78 is 44.4. The molecule has 1 aromatic heterocycles. The molecule has 0 saturated carbocycles. The van der Waals surface area contributed by atoms with Gasteiger partial charge in [-0.25, -0.2) is 4.98 Å². The summed E-state index contributed by atoms with van der Waals surface area (Å²) in [7, 11) is 1.11. The maximum absolute atomic E-state index is 13.2.